The van der Waals surface area contributed by atoms with Crippen molar-refractivity contribution in [2.45, 2.75) is 6.54 Å². The molecule has 0 saturated heterocycles. The third-order valence-corrected chi connectivity index (χ3v) is 3.02. The van der Waals surface area contributed by atoms with Crippen molar-refractivity contribution in [3.05, 3.63) is 65.2 Å². The summed E-state index contributed by atoms with van der Waals surface area (Å²) >= 11 is 0. The Morgan fingerprint density at radius 2 is 1.84 bits per heavy atom. The van der Waals surface area contributed by atoms with Crippen LogP contribution < -0.4 is 0 Å². The van der Waals surface area contributed by atoms with Crippen molar-refractivity contribution in [3.8, 4) is 0 Å². The second-order valence-corrected chi connectivity index (χ2v) is 4.19. The van der Waals surface area contributed by atoms with Crippen molar-refractivity contribution in [1.29, 1.82) is 0 Å². The van der Waals surface area contributed by atoms with Crippen LogP contribution in [0.5, 0.6) is 0 Å². The summed E-state index contributed by atoms with van der Waals surface area (Å²) in [5, 5.41) is 0. The zero-order chi connectivity index (χ0) is 13.4. The number of fused-ring (bicyclic) bond motifs is 1. The average molecular weight is 256 g/mol. The molecule has 0 spiro atoms. The summed E-state index contributed by atoms with van der Waals surface area (Å²) < 4.78 is 13.6. The van der Waals surface area contributed by atoms with E-state index in [9.17, 15) is 14.0 Å². The van der Waals surface area contributed by atoms with E-state index in [-0.39, 0.29) is 17.8 Å². The number of benzene rings is 1. The van der Waals surface area contributed by atoms with Gasteiger partial charge in [-0.3, -0.25) is 19.5 Å². The Morgan fingerprint density at radius 1 is 1.05 bits per heavy atom. The highest BCUT2D eigenvalue weighted by molar-refractivity contribution is 6.20. The van der Waals surface area contributed by atoms with E-state index < -0.39 is 17.6 Å². The number of rotatable bonds is 2. The molecule has 0 fully saturated rings. The molecule has 5 heteroatoms. The predicted octanol–water partition coefficient (Wildman–Crippen LogP) is 2.02. The number of carbonyl (C=O) groups is 2. The second kappa shape index (κ2) is 4.28. The average Bonchev–Trinajstić information content (AvgIpc) is 2.67. The molecule has 1 aliphatic heterocycles. The summed E-state index contributed by atoms with van der Waals surface area (Å²) in [6.07, 6.45) is 1.45. The molecule has 0 saturated carbocycles. The van der Waals surface area contributed by atoms with Gasteiger partial charge in [-0.2, -0.15) is 0 Å². The first-order valence-corrected chi connectivity index (χ1v) is 5.73. The van der Waals surface area contributed by atoms with Crippen molar-refractivity contribution in [2.75, 3.05) is 0 Å². The molecule has 2 amide bonds. The largest absolute Gasteiger partial charge is 0.280 e. The van der Waals surface area contributed by atoms with Gasteiger partial charge >= 0.3 is 0 Å². The van der Waals surface area contributed by atoms with Crippen LogP contribution in [-0.4, -0.2) is 21.7 Å². The van der Waals surface area contributed by atoms with E-state index >= 15 is 0 Å². The molecule has 0 radical (unpaired) electrons. The second-order valence-electron chi connectivity index (χ2n) is 4.19. The smallest absolute Gasteiger partial charge is 0.268 e. The maximum atomic E-state index is 13.6. The van der Waals surface area contributed by atoms with Gasteiger partial charge in [0.25, 0.3) is 11.8 Å². The Labute approximate surface area is 108 Å². The molecule has 1 aliphatic rings. The lowest BCUT2D eigenvalue weighted by Gasteiger charge is -2.13. The van der Waals surface area contributed by atoms with Gasteiger partial charge in [-0.05, 0) is 18.2 Å². The summed E-state index contributed by atoms with van der Waals surface area (Å²) in [6.45, 7) is -0.0826. The Hall–Kier alpha value is -2.56. The number of imide groups is 1. The highest BCUT2D eigenvalue weighted by Gasteiger charge is 2.36. The summed E-state index contributed by atoms with van der Waals surface area (Å²) in [7, 11) is 0. The maximum absolute atomic E-state index is 13.6. The topological polar surface area (TPSA) is 50.3 Å². The number of amides is 2. The Kier molecular flexibility index (Phi) is 2.59. The summed E-state index contributed by atoms with van der Waals surface area (Å²) in [6, 6.07) is 9.20. The van der Waals surface area contributed by atoms with Crippen LogP contribution in [0.25, 0.3) is 0 Å². The zero-order valence-corrected chi connectivity index (χ0v) is 9.84. The molecule has 94 valence electrons. The first kappa shape index (κ1) is 11.5. The molecule has 0 aliphatic carbocycles. The lowest BCUT2D eigenvalue weighted by atomic mass is 10.2. The fourth-order valence-electron chi connectivity index (χ4n) is 2.05. The van der Waals surface area contributed by atoms with Gasteiger partial charge in [-0.15, -0.1) is 0 Å². The molecule has 0 unspecified atom stereocenters. The van der Waals surface area contributed by atoms with Crippen LogP contribution in [0.4, 0.5) is 4.39 Å². The zero-order valence-electron chi connectivity index (χ0n) is 9.84. The van der Waals surface area contributed by atoms with Gasteiger partial charge < -0.3 is 0 Å². The van der Waals surface area contributed by atoms with E-state index in [0.717, 1.165) is 4.90 Å². The number of hydrogen-bond donors (Lipinski definition) is 0. The van der Waals surface area contributed by atoms with Gasteiger partial charge in [-0.25, -0.2) is 4.39 Å². The lowest BCUT2D eigenvalue weighted by Crippen LogP contribution is -2.29. The predicted molar refractivity (Wildman–Crippen MR) is 64.8 cm³/mol. The Morgan fingerprint density at radius 3 is 2.58 bits per heavy atom. The Balaban J connectivity index is 1.95. The first-order valence-electron chi connectivity index (χ1n) is 5.73. The standard InChI is InChI=1S/C14H9FN2O2/c15-11-6-2-1-4-9(11)8-17-13(18)10-5-3-7-16-12(10)14(17)19/h1-7H,8H2. The minimum absolute atomic E-state index is 0.0826. The van der Waals surface area contributed by atoms with Gasteiger partial charge in [0, 0.05) is 11.8 Å². The minimum Gasteiger partial charge on any atom is -0.268 e. The van der Waals surface area contributed by atoms with Gasteiger partial charge in [0.05, 0.1) is 12.1 Å². The van der Waals surface area contributed by atoms with Gasteiger partial charge in [0.2, 0.25) is 0 Å². The fourth-order valence-corrected chi connectivity index (χ4v) is 2.05. The maximum Gasteiger partial charge on any atom is 0.280 e. The highest BCUT2D eigenvalue weighted by atomic mass is 19.1. The lowest BCUT2D eigenvalue weighted by molar-refractivity contribution is 0.0639. The molecule has 2 heterocycles. The van der Waals surface area contributed by atoms with Crippen LogP contribution >= 0.6 is 0 Å². The van der Waals surface area contributed by atoms with E-state index in [2.05, 4.69) is 4.98 Å². The van der Waals surface area contributed by atoms with Crippen LogP contribution in [-0.2, 0) is 6.54 Å². The first-order chi connectivity index (χ1) is 9.18. The molecule has 4 nitrogen and oxygen atoms in total. The van der Waals surface area contributed by atoms with Gasteiger partial charge in [0.15, 0.2) is 0 Å². The van der Waals surface area contributed by atoms with Crippen LogP contribution in [0.3, 0.4) is 0 Å². The molecule has 1 aromatic heterocycles. The monoisotopic (exact) mass is 256 g/mol. The van der Waals surface area contributed by atoms with E-state index in [4.69, 9.17) is 0 Å². The van der Waals surface area contributed by atoms with Crippen LogP contribution in [0.15, 0.2) is 42.6 Å². The highest BCUT2D eigenvalue weighted by Crippen LogP contribution is 2.23. The van der Waals surface area contributed by atoms with Crippen molar-refractivity contribution in [3.63, 3.8) is 0 Å². The molecule has 3 rings (SSSR count). The van der Waals surface area contributed by atoms with E-state index in [1.54, 1.807) is 30.3 Å². The van der Waals surface area contributed by atoms with Crippen LogP contribution in [0.2, 0.25) is 0 Å². The number of pyridine rings is 1. The molecular formula is C14H9FN2O2. The van der Waals surface area contributed by atoms with Crippen molar-refractivity contribution < 1.29 is 14.0 Å². The Bertz CT molecular complexity index is 650. The number of hydrogen-bond acceptors (Lipinski definition) is 3. The third kappa shape index (κ3) is 1.79. The van der Waals surface area contributed by atoms with Gasteiger partial charge in [0.1, 0.15) is 11.5 Å². The normalized spacial score (nSPS) is 13.8. The molecule has 0 bridgehead atoms. The quantitative estimate of drug-likeness (QED) is 0.772. The number of carbonyl (C=O) groups excluding carboxylic acids is 2. The molecule has 0 atom stereocenters. The van der Waals surface area contributed by atoms with Crippen molar-refractivity contribution in [1.82, 2.24) is 9.88 Å². The number of halogens is 1. The third-order valence-electron chi connectivity index (χ3n) is 3.02. The number of nitrogens with zero attached hydrogens (tertiary/aromatic N) is 2. The van der Waals surface area contributed by atoms with Crippen molar-refractivity contribution >= 4 is 11.8 Å². The molecule has 2 aromatic rings. The van der Waals surface area contributed by atoms with E-state index in [0.29, 0.717) is 5.56 Å². The summed E-state index contributed by atoms with van der Waals surface area (Å²) in [5.41, 5.74) is 0.699. The molecule has 1 aromatic carbocycles. The SMILES string of the molecule is O=C1c2cccnc2C(=O)N1Cc1ccccc1F. The van der Waals surface area contributed by atoms with Crippen LogP contribution in [0.1, 0.15) is 26.4 Å². The number of aromatic nitrogens is 1. The fraction of sp³-hybridized carbons (Fsp3) is 0.0714. The molecule has 19 heavy (non-hydrogen) atoms. The van der Waals surface area contributed by atoms with E-state index in [1.165, 1.54) is 12.3 Å². The summed E-state index contributed by atoms with van der Waals surface area (Å²) in [4.78, 5) is 29.0. The van der Waals surface area contributed by atoms with E-state index in [1.807, 2.05) is 0 Å². The minimum atomic E-state index is -0.483. The van der Waals surface area contributed by atoms with Crippen molar-refractivity contribution in [2.24, 2.45) is 0 Å². The van der Waals surface area contributed by atoms with Crippen LogP contribution in [0, 0.1) is 5.82 Å². The molecule has 0 N–H and O–H groups in total. The summed E-state index contributed by atoms with van der Waals surface area (Å²) in [5.74, 6) is -1.35. The van der Waals surface area contributed by atoms with Gasteiger partial charge in [-0.1, -0.05) is 18.2 Å². The molecular weight excluding hydrogens is 247 g/mol.